The van der Waals surface area contributed by atoms with E-state index in [1.165, 1.54) is 12.8 Å². The number of phenols is 1. The summed E-state index contributed by atoms with van der Waals surface area (Å²) >= 11 is 0. The van der Waals surface area contributed by atoms with E-state index in [2.05, 4.69) is 14.0 Å². The van der Waals surface area contributed by atoms with Crippen molar-refractivity contribution in [2.24, 2.45) is 11.7 Å². The third-order valence-corrected chi connectivity index (χ3v) is 8.18. The van der Waals surface area contributed by atoms with Crippen LogP contribution in [-0.2, 0) is 16.6 Å². The first-order valence-electron chi connectivity index (χ1n) is 10.8. The number of amides is 1. The maximum absolute atomic E-state index is 12.5. The summed E-state index contributed by atoms with van der Waals surface area (Å²) in [6, 6.07) is 3.35. The smallest absolute Gasteiger partial charge is 0.252 e. The zero-order valence-electron chi connectivity index (χ0n) is 17.7. The van der Waals surface area contributed by atoms with Gasteiger partial charge in [0.15, 0.2) is 0 Å². The Morgan fingerprint density at radius 1 is 1.34 bits per heavy atom. The molecule has 0 spiro atoms. The summed E-state index contributed by atoms with van der Waals surface area (Å²) in [5.41, 5.74) is 4.88. The lowest BCUT2D eigenvalue weighted by molar-refractivity contribution is -0.941. The Hall–Kier alpha value is -1.92. The Morgan fingerprint density at radius 2 is 2.03 bits per heavy atom. The lowest BCUT2D eigenvalue weighted by Crippen LogP contribution is -2.73. The number of Topliss-reactive ketones (excluding diaryl/α,β-unsaturated/α-hetero) is 1. The second-order valence-electron chi connectivity index (χ2n) is 9.97. The van der Waals surface area contributed by atoms with Crippen LogP contribution < -0.4 is 5.73 Å². The van der Waals surface area contributed by atoms with Crippen LogP contribution >= 0.6 is 0 Å². The second-order valence-corrected chi connectivity index (χ2v) is 9.97. The Kier molecular flexibility index (Phi) is 4.59. The summed E-state index contributed by atoms with van der Waals surface area (Å²) in [5, 5.41) is 23.2. The summed E-state index contributed by atoms with van der Waals surface area (Å²) in [5.74, 6) is -0.0887. The molecule has 2 saturated carbocycles. The van der Waals surface area contributed by atoms with Crippen molar-refractivity contribution >= 4 is 11.7 Å². The van der Waals surface area contributed by atoms with Crippen molar-refractivity contribution < 1.29 is 24.3 Å². The van der Waals surface area contributed by atoms with E-state index in [4.69, 9.17) is 5.73 Å². The monoisotopic (exact) mass is 401 g/mol. The highest BCUT2D eigenvalue weighted by Gasteiger charge is 2.65. The maximum Gasteiger partial charge on any atom is 0.252 e. The molecule has 1 aromatic carbocycles. The van der Waals surface area contributed by atoms with Gasteiger partial charge in [-0.3, -0.25) is 9.59 Å². The minimum Gasteiger partial charge on any atom is -0.507 e. The molecule has 4 N–H and O–H groups in total. The molecule has 1 amide bonds. The number of hydrogen-bond donors (Lipinski definition) is 3. The first-order chi connectivity index (χ1) is 13.6. The lowest BCUT2D eigenvalue weighted by Gasteiger charge is -2.59. The van der Waals surface area contributed by atoms with E-state index in [1.807, 2.05) is 13.0 Å². The van der Waals surface area contributed by atoms with Gasteiger partial charge in [-0.05, 0) is 37.8 Å². The number of hydrogen-bond acceptors (Lipinski definition) is 4. The molecule has 0 heterocycles. The number of rotatable bonds is 5. The first kappa shape index (κ1) is 20.4. The van der Waals surface area contributed by atoms with E-state index in [0.29, 0.717) is 30.7 Å². The van der Waals surface area contributed by atoms with Crippen LogP contribution in [0.15, 0.2) is 12.1 Å². The minimum absolute atomic E-state index is 0.0505. The van der Waals surface area contributed by atoms with Gasteiger partial charge in [-0.25, -0.2) is 0 Å². The van der Waals surface area contributed by atoms with E-state index in [1.54, 1.807) is 6.07 Å². The molecule has 4 rings (SSSR count). The van der Waals surface area contributed by atoms with Crippen molar-refractivity contribution in [2.75, 3.05) is 20.1 Å². The predicted molar refractivity (Wildman–Crippen MR) is 110 cm³/mol. The van der Waals surface area contributed by atoms with Gasteiger partial charge in [0.25, 0.3) is 5.91 Å². The highest BCUT2D eigenvalue weighted by atomic mass is 16.3. The third-order valence-electron chi connectivity index (χ3n) is 8.18. The van der Waals surface area contributed by atoms with Crippen molar-refractivity contribution in [1.82, 2.24) is 0 Å². The van der Waals surface area contributed by atoms with Gasteiger partial charge in [0, 0.05) is 36.2 Å². The van der Waals surface area contributed by atoms with Crippen molar-refractivity contribution in [2.45, 2.75) is 69.4 Å². The molecule has 2 fully saturated rings. The number of aromatic hydroxyl groups is 1. The van der Waals surface area contributed by atoms with Crippen molar-refractivity contribution in [3.05, 3.63) is 28.8 Å². The predicted octanol–water partition coefficient (Wildman–Crippen LogP) is 2.03. The number of fused-ring (bicyclic) bond motifs is 3. The first-order valence-corrected chi connectivity index (χ1v) is 10.8. The molecule has 4 atom stereocenters. The summed E-state index contributed by atoms with van der Waals surface area (Å²) in [6.07, 6.45) is 3.99. The molecule has 0 bridgehead atoms. The summed E-state index contributed by atoms with van der Waals surface area (Å²) in [7, 11) is 2.22. The molecule has 3 aliphatic carbocycles. The highest BCUT2D eigenvalue weighted by molar-refractivity contribution is 5.96. The normalized spacial score (nSPS) is 33.5. The van der Waals surface area contributed by atoms with E-state index < -0.39 is 16.9 Å². The lowest BCUT2D eigenvalue weighted by atomic mass is 9.52. The molecule has 3 aliphatic rings. The second kappa shape index (κ2) is 6.54. The van der Waals surface area contributed by atoms with Gasteiger partial charge in [0.05, 0.1) is 25.7 Å². The summed E-state index contributed by atoms with van der Waals surface area (Å²) in [4.78, 5) is 24.4. The van der Waals surface area contributed by atoms with Crippen molar-refractivity contribution in [3.8, 4) is 5.75 Å². The van der Waals surface area contributed by atoms with Crippen LogP contribution in [0.2, 0.25) is 0 Å². The van der Waals surface area contributed by atoms with Crippen molar-refractivity contribution in [3.63, 3.8) is 0 Å². The number of ketones is 1. The fraction of sp³-hybridized carbons (Fsp3) is 0.652. The van der Waals surface area contributed by atoms with Gasteiger partial charge in [0.1, 0.15) is 23.2 Å². The molecule has 6 nitrogen and oxygen atoms in total. The average molecular weight is 402 g/mol. The van der Waals surface area contributed by atoms with Crippen LogP contribution in [0.1, 0.15) is 67.4 Å². The molecule has 0 saturated heterocycles. The zero-order chi connectivity index (χ0) is 21.2. The molecule has 1 unspecified atom stereocenters. The molecule has 6 heteroatoms. The van der Waals surface area contributed by atoms with Crippen LogP contribution in [0.5, 0.6) is 5.75 Å². The Bertz CT molecular complexity index is 880. The number of nitrogens with zero attached hydrogens (tertiary/aromatic N) is 1. The topological polar surface area (TPSA) is 101 Å². The van der Waals surface area contributed by atoms with Gasteiger partial charge in [0.2, 0.25) is 0 Å². The third kappa shape index (κ3) is 2.91. The van der Waals surface area contributed by atoms with Crippen molar-refractivity contribution in [1.29, 1.82) is 0 Å². The average Bonchev–Trinajstić information content (AvgIpc) is 3.45. The Balaban J connectivity index is 1.92. The van der Waals surface area contributed by atoms with Crippen LogP contribution in [-0.4, -0.2) is 58.2 Å². The number of carbonyl (C=O) groups excluding carboxylic acids is 2. The highest BCUT2D eigenvalue weighted by Crippen LogP contribution is 2.57. The SMILES string of the molecule is CC[N+](C)(CC1CC1)[C@@H]1Cc2ccc(C(N)=O)c(O)c2[C@@]2(C)CC(=O)CC[C@@]12O. The molecule has 1 aromatic rings. The largest absolute Gasteiger partial charge is 0.507 e. The molecule has 0 aliphatic heterocycles. The zero-order valence-corrected chi connectivity index (χ0v) is 17.7. The summed E-state index contributed by atoms with van der Waals surface area (Å²) < 4.78 is 0.753. The summed E-state index contributed by atoms with van der Waals surface area (Å²) in [6.45, 7) is 5.97. The van der Waals surface area contributed by atoms with E-state index in [0.717, 1.165) is 23.1 Å². The molecule has 0 aromatic heterocycles. The van der Waals surface area contributed by atoms with Gasteiger partial charge >= 0.3 is 0 Å². The van der Waals surface area contributed by atoms with E-state index in [-0.39, 0.29) is 29.6 Å². The molecule has 29 heavy (non-hydrogen) atoms. The number of aliphatic hydroxyl groups is 1. The number of carbonyl (C=O) groups is 2. The number of quaternary nitrogens is 1. The number of nitrogens with two attached hydrogens (primary N) is 1. The van der Waals surface area contributed by atoms with Crippen LogP contribution in [0.25, 0.3) is 0 Å². The quantitative estimate of drug-likeness (QED) is 0.657. The van der Waals surface area contributed by atoms with Crippen LogP contribution in [0.3, 0.4) is 0 Å². The standard InChI is InChI=1S/C23H32N2O4/c1-4-25(3,13-14-5-6-14)18-11-15-7-8-17(21(24)28)20(27)19(15)22(2)12-16(26)9-10-23(18,22)29/h7-8,14,18,29H,4-6,9-13H2,1-3H3,(H2-,24,27,28)/p+1/t18-,22-,23-,25?/m1/s1. The molecule has 158 valence electrons. The van der Waals surface area contributed by atoms with Crippen LogP contribution in [0, 0.1) is 5.92 Å². The Morgan fingerprint density at radius 3 is 2.62 bits per heavy atom. The van der Waals surface area contributed by atoms with Gasteiger partial charge < -0.3 is 20.4 Å². The van der Waals surface area contributed by atoms with Gasteiger partial charge in [-0.2, -0.15) is 0 Å². The van der Waals surface area contributed by atoms with Crippen LogP contribution in [0.4, 0.5) is 0 Å². The van der Waals surface area contributed by atoms with E-state index in [9.17, 15) is 19.8 Å². The minimum atomic E-state index is -1.14. The molecule has 0 radical (unpaired) electrons. The maximum atomic E-state index is 12.5. The number of benzene rings is 1. The number of likely N-dealkylation sites (N-methyl/N-ethyl adjacent to an activating group) is 1. The Labute approximate surface area is 172 Å². The van der Waals surface area contributed by atoms with Gasteiger partial charge in [-0.1, -0.05) is 13.0 Å². The van der Waals surface area contributed by atoms with E-state index >= 15 is 0 Å². The fourth-order valence-corrected chi connectivity index (χ4v) is 6.18. The number of primary amides is 1. The molecular formula is C23H33N2O4+. The fourth-order valence-electron chi connectivity index (χ4n) is 6.18. The molecular weight excluding hydrogens is 368 g/mol. The van der Waals surface area contributed by atoms with Gasteiger partial charge in [-0.15, -0.1) is 0 Å².